The number of rotatable bonds is 4. The van der Waals surface area contributed by atoms with Crippen LogP contribution in [0.25, 0.3) is 11.1 Å². The van der Waals surface area contributed by atoms with Gasteiger partial charge in [-0.3, -0.25) is 9.69 Å². The van der Waals surface area contributed by atoms with E-state index in [1.807, 2.05) is 4.90 Å². The zero-order valence-corrected chi connectivity index (χ0v) is 23.9. The summed E-state index contributed by atoms with van der Waals surface area (Å²) < 4.78 is 12.0. The van der Waals surface area contributed by atoms with Crippen LogP contribution in [-0.4, -0.2) is 48.7 Å². The van der Waals surface area contributed by atoms with Crippen LogP contribution in [0, 0.1) is 28.1 Å². The van der Waals surface area contributed by atoms with Crippen molar-refractivity contribution in [3.05, 3.63) is 59.7 Å². The Morgan fingerprint density at radius 3 is 2.00 bits per heavy atom. The molecule has 2 aromatic carbocycles. The van der Waals surface area contributed by atoms with E-state index in [0.717, 1.165) is 19.3 Å². The maximum atomic E-state index is 14.4. The van der Waals surface area contributed by atoms with Gasteiger partial charge in [0.1, 0.15) is 12.4 Å². The summed E-state index contributed by atoms with van der Waals surface area (Å²) in [5.41, 5.74) is 5.42. The topological polar surface area (TPSA) is 55.8 Å². The first-order valence-electron chi connectivity index (χ1n) is 15.5. The number of hydrogen-bond acceptors (Lipinski definition) is 4. The van der Waals surface area contributed by atoms with Gasteiger partial charge in [0.2, 0.25) is 0 Å². The Morgan fingerprint density at radius 1 is 0.850 bits per heavy atom. The number of morpholine rings is 1. The second-order valence-corrected chi connectivity index (χ2v) is 15.0. The summed E-state index contributed by atoms with van der Waals surface area (Å²) in [6.45, 7) is 6.21. The molecule has 6 fully saturated rings. The Kier molecular flexibility index (Phi) is 5.44. The standard InChI is InChI=1S/C35H41NO4/c1-33-13-22-14-34(2,19-33)21-35(15-22,20-33)31(37)23-11-24-16-39-17-25(12-23)36(24)32(38)40-18-30-28-9-5-3-7-26(28)27-8-4-6-10-29(27)30/h3-10,22-25,30H,11-21H2,1-2H3. The van der Waals surface area contributed by atoms with Gasteiger partial charge in [-0.05, 0) is 90.4 Å². The summed E-state index contributed by atoms with van der Waals surface area (Å²) in [6, 6.07) is 16.7. The Labute approximate surface area is 237 Å². The second-order valence-electron chi connectivity index (χ2n) is 15.0. The van der Waals surface area contributed by atoms with Gasteiger partial charge < -0.3 is 9.47 Å². The number of carbonyl (C=O) groups excluding carboxylic acids is 2. The minimum atomic E-state index is -0.249. The van der Waals surface area contributed by atoms with E-state index in [-0.39, 0.29) is 35.4 Å². The van der Waals surface area contributed by atoms with Gasteiger partial charge in [-0.2, -0.15) is 0 Å². The summed E-state index contributed by atoms with van der Waals surface area (Å²) in [5.74, 6) is 1.29. The normalized spacial score (nSPS) is 39.1. The SMILES string of the molecule is CC12CC3CC(C)(C1)CC(C(=O)C1CC4COCC(C1)N4C(=O)OCC1c4ccccc4-c4ccccc41)(C3)C2. The molecule has 0 radical (unpaired) electrons. The van der Waals surface area contributed by atoms with Crippen molar-refractivity contribution in [2.24, 2.45) is 28.1 Å². The van der Waals surface area contributed by atoms with E-state index in [1.54, 1.807) is 0 Å². The predicted octanol–water partition coefficient (Wildman–Crippen LogP) is 6.98. The summed E-state index contributed by atoms with van der Waals surface area (Å²) in [5, 5.41) is 0. The van der Waals surface area contributed by atoms with Crippen LogP contribution in [0.2, 0.25) is 0 Å². The molecule has 0 aromatic heterocycles. The third kappa shape index (κ3) is 3.76. The van der Waals surface area contributed by atoms with Crippen molar-refractivity contribution in [3.63, 3.8) is 0 Å². The third-order valence-electron chi connectivity index (χ3n) is 11.6. The van der Waals surface area contributed by atoms with Crippen LogP contribution in [0.5, 0.6) is 0 Å². The number of Topliss-reactive ketones (excluding diaryl/α,β-unsaturated/α-hetero) is 1. The molecule has 210 valence electrons. The first-order valence-corrected chi connectivity index (χ1v) is 15.5. The van der Waals surface area contributed by atoms with E-state index in [4.69, 9.17) is 9.47 Å². The van der Waals surface area contributed by atoms with Crippen LogP contribution in [-0.2, 0) is 14.3 Å². The van der Waals surface area contributed by atoms with Crippen molar-refractivity contribution in [3.8, 4) is 11.1 Å². The van der Waals surface area contributed by atoms with Crippen LogP contribution in [0.15, 0.2) is 48.5 Å². The van der Waals surface area contributed by atoms with E-state index in [2.05, 4.69) is 62.4 Å². The minimum absolute atomic E-state index is 0.0278. The zero-order valence-electron chi connectivity index (χ0n) is 23.9. The van der Waals surface area contributed by atoms with Gasteiger partial charge in [-0.25, -0.2) is 4.79 Å². The molecule has 40 heavy (non-hydrogen) atoms. The van der Waals surface area contributed by atoms with Crippen molar-refractivity contribution in [2.45, 2.75) is 83.2 Å². The summed E-state index contributed by atoms with van der Waals surface area (Å²) in [6.07, 6.45) is 8.29. The predicted molar refractivity (Wildman–Crippen MR) is 153 cm³/mol. The highest BCUT2D eigenvalue weighted by atomic mass is 16.6. The lowest BCUT2D eigenvalue weighted by Crippen LogP contribution is -2.63. The maximum absolute atomic E-state index is 14.4. The monoisotopic (exact) mass is 539 g/mol. The highest BCUT2D eigenvalue weighted by Crippen LogP contribution is 2.70. The quantitative estimate of drug-likeness (QED) is 0.421. The summed E-state index contributed by atoms with van der Waals surface area (Å²) in [7, 11) is 0. The Morgan fingerprint density at radius 2 is 1.43 bits per heavy atom. The number of piperidine rings is 1. The van der Waals surface area contributed by atoms with Crippen LogP contribution in [0.4, 0.5) is 4.79 Å². The van der Waals surface area contributed by atoms with E-state index < -0.39 is 0 Å². The average Bonchev–Trinajstić information content (AvgIpc) is 3.22. The Balaban J connectivity index is 0.986. The molecule has 9 rings (SSSR count). The van der Waals surface area contributed by atoms with Gasteiger partial charge in [0.25, 0.3) is 0 Å². The second kappa shape index (κ2) is 8.67. The average molecular weight is 540 g/mol. The van der Waals surface area contributed by atoms with Crippen molar-refractivity contribution in [1.29, 1.82) is 0 Å². The molecule has 5 heteroatoms. The molecule has 2 aromatic rings. The first-order chi connectivity index (χ1) is 19.2. The van der Waals surface area contributed by atoms with Gasteiger partial charge in [0.15, 0.2) is 0 Å². The fraction of sp³-hybridized carbons (Fsp3) is 0.600. The maximum Gasteiger partial charge on any atom is 0.410 e. The molecule has 0 spiro atoms. The van der Waals surface area contributed by atoms with Gasteiger partial charge >= 0.3 is 6.09 Å². The molecule has 2 saturated heterocycles. The molecule has 0 N–H and O–H groups in total. The number of fused-ring (bicyclic) bond motifs is 5. The molecule has 4 saturated carbocycles. The van der Waals surface area contributed by atoms with Crippen LogP contribution >= 0.6 is 0 Å². The molecule has 2 aliphatic heterocycles. The number of ketones is 1. The number of ether oxygens (including phenoxy) is 2. The smallest absolute Gasteiger partial charge is 0.410 e. The van der Waals surface area contributed by atoms with Gasteiger partial charge in [0.05, 0.1) is 25.3 Å². The molecular weight excluding hydrogens is 498 g/mol. The fourth-order valence-corrected chi connectivity index (χ4v) is 11.3. The highest BCUT2D eigenvalue weighted by molar-refractivity contribution is 5.88. The molecular formula is C35H41NO4. The fourth-order valence-electron chi connectivity index (χ4n) is 11.3. The van der Waals surface area contributed by atoms with Crippen molar-refractivity contribution in [1.82, 2.24) is 4.90 Å². The van der Waals surface area contributed by atoms with E-state index in [1.165, 1.54) is 41.5 Å². The van der Waals surface area contributed by atoms with E-state index >= 15 is 0 Å². The molecule has 5 aliphatic carbocycles. The van der Waals surface area contributed by atoms with Crippen molar-refractivity contribution < 1.29 is 19.1 Å². The lowest BCUT2D eigenvalue weighted by molar-refractivity contribution is -0.176. The molecule has 2 heterocycles. The number of hydrogen-bond donors (Lipinski definition) is 0. The first kappa shape index (κ1) is 25.1. The largest absolute Gasteiger partial charge is 0.448 e. The molecule has 6 bridgehead atoms. The molecule has 7 aliphatic rings. The minimum Gasteiger partial charge on any atom is -0.448 e. The number of amides is 1. The third-order valence-corrected chi connectivity index (χ3v) is 11.6. The Hall–Kier alpha value is -2.66. The van der Waals surface area contributed by atoms with Gasteiger partial charge in [0, 0.05) is 17.3 Å². The molecule has 4 atom stereocenters. The molecule has 1 amide bonds. The van der Waals surface area contributed by atoms with E-state index in [0.29, 0.717) is 55.2 Å². The summed E-state index contributed by atoms with van der Waals surface area (Å²) in [4.78, 5) is 30.0. The number of benzene rings is 2. The highest BCUT2D eigenvalue weighted by Gasteiger charge is 2.63. The van der Waals surface area contributed by atoms with Crippen LogP contribution in [0.3, 0.4) is 0 Å². The van der Waals surface area contributed by atoms with Crippen LogP contribution in [0.1, 0.15) is 82.3 Å². The van der Waals surface area contributed by atoms with Crippen molar-refractivity contribution in [2.75, 3.05) is 19.8 Å². The zero-order chi connectivity index (χ0) is 27.3. The molecule has 4 unspecified atom stereocenters. The lowest BCUT2D eigenvalue weighted by atomic mass is 9.39. The van der Waals surface area contributed by atoms with Crippen molar-refractivity contribution >= 4 is 11.9 Å². The Bertz CT molecular complexity index is 1310. The van der Waals surface area contributed by atoms with Gasteiger partial charge in [-0.1, -0.05) is 62.4 Å². The molecule has 5 nitrogen and oxygen atoms in total. The lowest BCUT2D eigenvalue weighted by Gasteiger charge is -2.65. The summed E-state index contributed by atoms with van der Waals surface area (Å²) >= 11 is 0. The van der Waals surface area contributed by atoms with Crippen LogP contribution < -0.4 is 0 Å². The number of carbonyl (C=O) groups is 2. The van der Waals surface area contributed by atoms with Gasteiger partial charge in [-0.15, -0.1) is 0 Å². The number of nitrogens with zero attached hydrogens (tertiary/aromatic N) is 1. The van der Waals surface area contributed by atoms with E-state index in [9.17, 15) is 9.59 Å².